The van der Waals surface area contributed by atoms with E-state index in [1.165, 1.54) is 18.4 Å². The molecule has 0 bridgehead atoms. The molecule has 8 rings (SSSR count). The van der Waals surface area contributed by atoms with Crippen LogP contribution >= 0.6 is 18.9 Å². The number of morpholine rings is 1. The van der Waals surface area contributed by atoms with Gasteiger partial charge >= 0.3 is 13.5 Å². The summed E-state index contributed by atoms with van der Waals surface area (Å²) in [5.41, 5.74) is 0.677. The van der Waals surface area contributed by atoms with Crippen LogP contribution in [0.25, 0.3) is 10.1 Å². The average molecular weight is 806 g/mol. The van der Waals surface area contributed by atoms with Gasteiger partial charge in [0.1, 0.15) is 23.9 Å². The van der Waals surface area contributed by atoms with Crippen LogP contribution in [0.15, 0.2) is 54.6 Å². The summed E-state index contributed by atoms with van der Waals surface area (Å²) in [4.78, 5) is 73.0. The van der Waals surface area contributed by atoms with Crippen LogP contribution in [0.5, 0.6) is 5.75 Å². The fourth-order valence-electron chi connectivity index (χ4n) is 8.75. The van der Waals surface area contributed by atoms with Gasteiger partial charge in [-0.15, -0.1) is 11.3 Å². The van der Waals surface area contributed by atoms with Crippen molar-refractivity contribution in [2.45, 2.75) is 69.4 Å². The summed E-state index contributed by atoms with van der Waals surface area (Å²) in [5.74, 6) is -0.210. The molecule has 0 radical (unpaired) electrons. The van der Waals surface area contributed by atoms with Crippen molar-refractivity contribution in [3.8, 4) is 5.75 Å². The molecule has 7 atom stereocenters. The van der Waals surface area contributed by atoms with Gasteiger partial charge in [-0.25, -0.2) is 5.09 Å². The third kappa shape index (κ3) is 8.09. The Hall–Kier alpha value is -4.30. The molecule has 56 heavy (non-hydrogen) atoms. The molecular weight excluding hydrogens is 758 g/mol. The van der Waals surface area contributed by atoms with Crippen molar-refractivity contribution >= 4 is 58.5 Å². The van der Waals surface area contributed by atoms with Gasteiger partial charge in [-0.2, -0.15) is 0 Å². The Bertz CT molecular complexity index is 2050. The molecule has 4 aliphatic heterocycles. The summed E-state index contributed by atoms with van der Waals surface area (Å²) in [6, 6.07) is 13.7. The van der Waals surface area contributed by atoms with Crippen LogP contribution < -0.4 is 14.9 Å². The molecule has 1 saturated carbocycles. The molecule has 0 spiro atoms. The molecule has 2 aromatic carbocycles. The van der Waals surface area contributed by atoms with Crippen molar-refractivity contribution in [2.24, 2.45) is 17.8 Å². The quantitative estimate of drug-likeness (QED) is 0.214. The van der Waals surface area contributed by atoms with Gasteiger partial charge in [0.25, 0.3) is 5.91 Å². The number of benzene rings is 2. The van der Waals surface area contributed by atoms with Gasteiger partial charge in [-0.3, -0.25) is 28.5 Å². The molecule has 14 nitrogen and oxygen atoms in total. The first-order valence-electron chi connectivity index (χ1n) is 19.5. The topological polar surface area (TPSA) is 164 Å². The number of rotatable bonds is 11. The summed E-state index contributed by atoms with van der Waals surface area (Å²) in [7, 11) is -2.41. The molecule has 5 fully saturated rings. The Balaban J connectivity index is 0.947. The maximum Gasteiger partial charge on any atom is 0.323 e. The predicted octanol–water partition coefficient (Wildman–Crippen LogP) is 4.03. The van der Waals surface area contributed by atoms with E-state index in [2.05, 4.69) is 10.4 Å². The van der Waals surface area contributed by atoms with Gasteiger partial charge in [0.2, 0.25) is 17.7 Å². The molecule has 4 amide bonds. The molecule has 5 heterocycles. The number of methoxy groups -OCH3 is 1. The van der Waals surface area contributed by atoms with E-state index < -0.39 is 31.6 Å². The number of likely N-dealkylation sites (tertiary alicyclic amines) is 1. The number of amides is 4. The first-order valence-corrected chi connectivity index (χ1v) is 22.1. The zero-order chi connectivity index (χ0) is 39.1. The van der Waals surface area contributed by atoms with E-state index >= 15 is 0 Å². The number of thiophene rings is 1. The Labute approximate surface area is 329 Å². The van der Waals surface area contributed by atoms with E-state index in [4.69, 9.17) is 14.0 Å². The number of para-hydroxylation sites is 1. The number of carbonyl (C=O) groups is 5. The minimum atomic E-state index is -3.67. The van der Waals surface area contributed by atoms with E-state index in [0.717, 1.165) is 29.3 Å². The Kier molecular flexibility index (Phi) is 11.0. The van der Waals surface area contributed by atoms with Crippen LogP contribution in [0.2, 0.25) is 0 Å². The van der Waals surface area contributed by atoms with E-state index in [0.29, 0.717) is 80.3 Å². The lowest BCUT2D eigenvalue weighted by Crippen LogP contribution is -2.62. The van der Waals surface area contributed by atoms with Crippen molar-refractivity contribution in [3.63, 3.8) is 0 Å². The van der Waals surface area contributed by atoms with E-state index in [-0.39, 0.29) is 41.8 Å². The van der Waals surface area contributed by atoms with Gasteiger partial charge in [0.05, 0.1) is 37.3 Å². The number of esters is 1. The second kappa shape index (κ2) is 15.9. The maximum absolute atomic E-state index is 14.3. The highest BCUT2D eigenvalue weighted by Crippen LogP contribution is 2.50. The lowest BCUT2D eigenvalue weighted by atomic mass is 9.96. The standard InChI is InChI=1S/C40H48N5O9PS/c1-24(40(50)52-2)42-55(51,54-31-6-4-3-5-7-31)23-25-8-11-34-28(16-25)20-35(56-34)36(46)41-32-19-27-17-26(27)18-30-9-10-33(45(30)38(32)48)39(49)44-21-29(22-44)37(47)43-12-14-53-15-13-43/h3-8,11,16,20,24,26-27,29-30,32-33H,9-10,12-15,17-19,21-23H2,1-2H3,(H,41,46)(H,42,51)/t24-,26+,27-,30+,32-,33-,55?/m0/s1. The lowest BCUT2D eigenvalue weighted by molar-refractivity contribution is -0.156. The monoisotopic (exact) mass is 805 g/mol. The van der Waals surface area contributed by atoms with Crippen LogP contribution in [-0.4, -0.2) is 115 Å². The van der Waals surface area contributed by atoms with Gasteiger partial charge in [0, 0.05) is 36.9 Å². The molecule has 3 aromatic rings. The van der Waals surface area contributed by atoms with Crippen molar-refractivity contribution < 1.29 is 42.5 Å². The van der Waals surface area contributed by atoms with E-state index in [1.54, 1.807) is 47.1 Å². The van der Waals surface area contributed by atoms with Gasteiger partial charge in [-0.1, -0.05) is 24.3 Å². The smallest absolute Gasteiger partial charge is 0.323 e. The van der Waals surface area contributed by atoms with Crippen LogP contribution in [-0.2, 0) is 39.4 Å². The van der Waals surface area contributed by atoms with Crippen molar-refractivity contribution in [2.75, 3.05) is 46.5 Å². The number of fused-ring (bicyclic) bond motifs is 3. The Morgan fingerprint density at radius 2 is 1.70 bits per heavy atom. The van der Waals surface area contributed by atoms with Crippen molar-refractivity contribution in [1.82, 2.24) is 25.1 Å². The summed E-state index contributed by atoms with van der Waals surface area (Å²) < 4.78 is 31.2. The highest BCUT2D eigenvalue weighted by Gasteiger charge is 2.53. The van der Waals surface area contributed by atoms with E-state index in [1.807, 2.05) is 29.2 Å². The van der Waals surface area contributed by atoms with Crippen LogP contribution in [0.1, 0.15) is 54.3 Å². The van der Waals surface area contributed by atoms with Crippen LogP contribution in [0.3, 0.4) is 0 Å². The van der Waals surface area contributed by atoms with Crippen molar-refractivity contribution in [1.29, 1.82) is 0 Å². The van der Waals surface area contributed by atoms with Gasteiger partial charge < -0.3 is 34.0 Å². The minimum Gasteiger partial charge on any atom is -0.468 e. The zero-order valence-corrected chi connectivity index (χ0v) is 33.3. The zero-order valence-electron chi connectivity index (χ0n) is 31.6. The van der Waals surface area contributed by atoms with Gasteiger partial charge in [-0.05, 0) is 92.1 Å². The molecule has 1 unspecified atom stereocenters. The molecule has 1 aliphatic carbocycles. The SMILES string of the molecule is COC(=O)[C@H](C)NP(=O)(Cc1ccc2sc(C(=O)N[C@H]3C[C@@H]4C[C@@H]4C[C@H]4CC[C@@H](C(=O)N5CC(C(=O)N6CCOCC6)C5)N4C3=O)cc2c1)Oc1ccccc1. The number of nitrogens with one attached hydrogen (secondary N) is 2. The maximum atomic E-state index is 14.3. The largest absolute Gasteiger partial charge is 0.468 e. The number of nitrogens with zero attached hydrogens (tertiary/aromatic N) is 3. The van der Waals surface area contributed by atoms with Crippen LogP contribution in [0.4, 0.5) is 0 Å². The first-order chi connectivity index (χ1) is 27.0. The third-order valence-electron chi connectivity index (χ3n) is 11.8. The Morgan fingerprint density at radius 1 is 0.946 bits per heavy atom. The molecule has 298 valence electrons. The molecule has 16 heteroatoms. The van der Waals surface area contributed by atoms with Crippen LogP contribution in [0, 0.1) is 17.8 Å². The fraction of sp³-hybridized carbons (Fsp3) is 0.525. The summed E-state index contributed by atoms with van der Waals surface area (Å²) in [5, 5.41) is 6.67. The molecule has 4 saturated heterocycles. The minimum absolute atomic E-state index is 0.0329. The normalized spacial score (nSPS) is 26.5. The molecule has 2 N–H and O–H groups in total. The molecule has 5 aliphatic rings. The first kappa shape index (κ1) is 38.6. The third-order valence-corrected chi connectivity index (χ3v) is 15.0. The lowest BCUT2D eigenvalue weighted by Gasteiger charge is -2.44. The second-order valence-electron chi connectivity index (χ2n) is 15.7. The molecular formula is C40H48N5O9PS. The highest BCUT2D eigenvalue weighted by molar-refractivity contribution is 7.56. The molecule has 1 aromatic heterocycles. The number of ether oxygens (including phenoxy) is 2. The van der Waals surface area contributed by atoms with Gasteiger partial charge in [0.15, 0.2) is 0 Å². The van der Waals surface area contributed by atoms with Crippen molar-refractivity contribution in [3.05, 3.63) is 65.0 Å². The predicted molar refractivity (Wildman–Crippen MR) is 208 cm³/mol. The summed E-state index contributed by atoms with van der Waals surface area (Å²) >= 11 is 1.30. The fourth-order valence-corrected chi connectivity index (χ4v) is 11.7. The number of hydrogen-bond acceptors (Lipinski definition) is 10. The number of hydrogen-bond donors (Lipinski definition) is 2. The summed E-state index contributed by atoms with van der Waals surface area (Å²) in [6.45, 7) is 4.47. The highest BCUT2D eigenvalue weighted by atomic mass is 32.1. The van der Waals surface area contributed by atoms with E-state index in [9.17, 15) is 28.5 Å². The summed E-state index contributed by atoms with van der Waals surface area (Å²) in [6.07, 6.45) is 3.70. The second-order valence-corrected chi connectivity index (χ2v) is 18.9. The Morgan fingerprint density at radius 3 is 2.45 bits per heavy atom. The average Bonchev–Trinajstić information content (AvgIpc) is 3.53. The number of carbonyl (C=O) groups excluding carboxylic acids is 5.